The predicted octanol–water partition coefficient (Wildman–Crippen LogP) is 1.67. The molecular formula is C19H25N5O2. The number of carbonyl (C=O) groups is 2. The van der Waals surface area contributed by atoms with Crippen LogP contribution in [0.1, 0.15) is 45.6 Å². The van der Waals surface area contributed by atoms with E-state index in [1.165, 1.54) is 0 Å². The van der Waals surface area contributed by atoms with Crippen LogP contribution in [-0.4, -0.2) is 62.6 Å². The Morgan fingerprint density at radius 3 is 2.42 bits per heavy atom. The number of pyridine rings is 1. The van der Waals surface area contributed by atoms with E-state index in [9.17, 15) is 9.59 Å². The molecule has 3 rings (SSSR count). The molecule has 0 spiro atoms. The molecule has 0 unspecified atom stereocenters. The van der Waals surface area contributed by atoms with Crippen LogP contribution in [0.5, 0.6) is 0 Å². The van der Waals surface area contributed by atoms with Crippen LogP contribution in [0.2, 0.25) is 0 Å². The van der Waals surface area contributed by atoms with Gasteiger partial charge in [0, 0.05) is 45.1 Å². The van der Waals surface area contributed by atoms with E-state index in [0.29, 0.717) is 37.4 Å². The number of carbonyl (C=O) groups excluding carboxylic acids is 2. The van der Waals surface area contributed by atoms with Gasteiger partial charge in [0.1, 0.15) is 5.69 Å². The van der Waals surface area contributed by atoms with Gasteiger partial charge in [0.05, 0.1) is 11.3 Å². The first-order chi connectivity index (χ1) is 12.5. The fourth-order valence-corrected chi connectivity index (χ4v) is 3.27. The molecule has 2 aromatic rings. The third kappa shape index (κ3) is 3.61. The Balaban J connectivity index is 1.70. The Kier molecular flexibility index (Phi) is 5.35. The van der Waals surface area contributed by atoms with Crippen LogP contribution in [-0.2, 0) is 13.5 Å². The standard InChI is InChI=1S/C19H25N5O2/c1-4-15-13-17(22(3)21-15)19(26)24-10-6-9-23(11-12-24)18(25)16-7-5-8-20-14(16)2/h5,7-8,13H,4,6,9-12H2,1-3H3. The molecule has 138 valence electrons. The Bertz CT molecular complexity index is 814. The molecule has 0 saturated carbocycles. The number of aryl methyl sites for hydroxylation is 3. The first kappa shape index (κ1) is 18.1. The van der Waals surface area contributed by atoms with Crippen molar-refractivity contribution in [2.24, 2.45) is 7.05 Å². The molecule has 2 aromatic heterocycles. The summed E-state index contributed by atoms with van der Waals surface area (Å²) in [6.07, 6.45) is 3.25. The van der Waals surface area contributed by atoms with Crippen molar-refractivity contribution in [2.45, 2.75) is 26.7 Å². The quantitative estimate of drug-likeness (QED) is 0.840. The first-order valence-electron chi connectivity index (χ1n) is 9.04. The van der Waals surface area contributed by atoms with Crippen LogP contribution in [0.3, 0.4) is 0 Å². The molecule has 0 aromatic carbocycles. The van der Waals surface area contributed by atoms with Gasteiger partial charge in [-0.3, -0.25) is 19.3 Å². The maximum atomic E-state index is 12.9. The molecule has 1 saturated heterocycles. The van der Waals surface area contributed by atoms with Gasteiger partial charge >= 0.3 is 0 Å². The Labute approximate surface area is 153 Å². The third-order valence-corrected chi connectivity index (χ3v) is 4.82. The molecular weight excluding hydrogens is 330 g/mol. The van der Waals surface area contributed by atoms with Crippen LogP contribution in [0, 0.1) is 6.92 Å². The highest BCUT2D eigenvalue weighted by Crippen LogP contribution is 2.14. The summed E-state index contributed by atoms with van der Waals surface area (Å²) in [6.45, 7) is 6.19. The van der Waals surface area contributed by atoms with Crippen molar-refractivity contribution in [2.75, 3.05) is 26.2 Å². The highest BCUT2D eigenvalue weighted by atomic mass is 16.2. The summed E-state index contributed by atoms with van der Waals surface area (Å²) in [4.78, 5) is 33.5. The lowest BCUT2D eigenvalue weighted by molar-refractivity contribution is 0.0712. The van der Waals surface area contributed by atoms with E-state index in [2.05, 4.69) is 10.1 Å². The lowest BCUT2D eigenvalue weighted by Crippen LogP contribution is -2.38. The monoisotopic (exact) mass is 355 g/mol. The van der Waals surface area contributed by atoms with E-state index < -0.39 is 0 Å². The van der Waals surface area contributed by atoms with Gasteiger partial charge in [-0.25, -0.2) is 0 Å². The molecule has 1 fully saturated rings. The molecule has 2 amide bonds. The summed E-state index contributed by atoms with van der Waals surface area (Å²) in [5, 5.41) is 4.36. The molecule has 7 heteroatoms. The first-order valence-corrected chi connectivity index (χ1v) is 9.04. The molecule has 1 aliphatic heterocycles. The normalized spacial score (nSPS) is 15.0. The van der Waals surface area contributed by atoms with Crippen molar-refractivity contribution in [1.29, 1.82) is 0 Å². The molecule has 0 bridgehead atoms. The van der Waals surface area contributed by atoms with Crippen LogP contribution in [0.15, 0.2) is 24.4 Å². The summed E-state index contributed by atoms with van der Waals surface area (Å²) in [7, 11) is 1.80. The SMILES string of the molecule is CCc1cc(C(=O)N2CCCN(C(=O)c3cccnc3C)CC2)n(C)n1. The molecule has 0 radical (unpaired) electrons. The number of hydrogen-bond acceptors (Lipinski definition) is 4. The Hall–Kier alpha value is -2.70. The van der Waals surface area contributed by atoms with E-state index in [0.717, 1.165) is 24.2 Å². The zero-order valence-electron chi connectivity index (χ0n) is 15.6. The fourth-order valence-electron chi connectivity index (χ4n) is 3.27. The van der Waals surface area contributed by atoms with E-state index in [1.54, 1.807) is 30.1 Å². The zero-order valence-corrected chi connectivity index (χ0v) is 15.6. The van der Waals surface area contributed by atoms with Crippen molar-refractivity contribution in [3.8, 4) is 0 Å². The van der Waals surface area contributed by atoms with Gasteiger partial charge < -0.3 is 9.80 Å². The minimum absolute atomic E-state index is 0.0151. The van der Waals surface area contributed by atoms with Gasteiger partial charge in [-0.2, -0.15) is 5.10 Å². The number of nitrogens with zero attached hydrogens (tertiary/aromatic N) is 5. The fraction of sp³-hybridized carbons (Fsp3) is 0.474. The third-order valence-electron chi connectivity index (χ3n) is 4.82. The van der Waals surface area contributed by atoms with Gasteiger partial charge in [-0.1, -0.05) is 6.92 Å². The molecule has 0 atom stereocenters. The number of aromatic nitrogens is 3. The molecule has 1 aliphatic rings. The minimum Gasteiger partial charge on any atom is -0.337 e. The second-order valence-electron chi connectivity index (χ2n) is 6.57. The van der Waals surface area contributed by atoms with E-state index in [1.807, 2.05) is 29.7 Å². The van der Waals surface area contributed by atoms with Crippen molar-refractivity contribution >= 4 is 11.8 Å². The van der Waals surface area contributed by atoms with Crippen molar-refractivity contribution in [3.05, 3.63) is 47.0 Å². The minimum atomic E-state index is -0.0217. The van der Waals surface area contributed by atoms with Crippen molar-refractivity contribution in [1.82, 2.24) is 24.6 Å². The number of hydrogen-bond donors (Lipinski definition) is 0. The highest BCUT2D eigenvalue weighted by molar-refractivity contribution is 5.95. The summed E-state index contributed by atoms with van der Waals surface area (Å²) >= 11 is 0. The smallest absolute Gasteiger partial charge is 0.272 e. The van der Waals surface area contributed by atoms with Crippen LogP contribution < -0.4 is 0 Å². The topological polar surface area (TPSA) is 71.3 Å². The van der Waals surface area contributed by atoms with E-state index in [-0.39, 0.29) is 11.8 Å². The van der Waals surface area contributed by atoms with Crippen molar-refractivity contribution < 1.29 is 9.59 Å². The summed E-state index contributed by atoms with van der Waals surface area (Å²) < 4.78 is 1.65. The molecule has 7 nitrogen and oxygen atoms in total. The van der Waals surface area contributed by atoms with Crippen LogP contribution in [0.4, 0.5) is 0 Å². The number of amides is 2. The zero-order chi connectivity index (χ0) is 18.7. The van der Waals surface area contributed by atoms with Crippen LogP contribution in [0.25, 0.3) is 0 Å². The van der Waals surface area contributed by atoms with Gasteiger partial charge in [0.2, 0.25) is 0 Å². The average Bonchev–Trinajstić information content (AvgIpc) is 2.86. The second-order valence-corrected chi connectivity index (χ2v) is 6.57. The van der Waals surface area contributed by atoms with Gasteiger partial charge in [0.15, 0.2) is 0 Å². The van der Waals surface area contributed by atoms with Gasteiger partial charge in [0.25, 0.3) is 11.8 Å². The Morgan fingerprint density at radius 1 is 1.12 bits per heavy atom. The lowest BCUT2D eigenvalue weighted by Gasteiger charge is -2.22. The molecule has 0 aliphatic carbocycles. The molecule has 0 N–H and O–H groups in total. The largest absolute Gasteiger partial charge is 0.337 e. The maximum Gasteiger partial charge on any atom is 0.272 e. The lowest BCUT2D eigenvalue weighted by atomic mass is 10.2. The Morgan fingerprint density at radius 2 is 1.81 bits per heavy atom. The van der Waals surface area contributed by atoms with E-state index in [4.69, 9.17) is 0 Å². The van der Waals surface area contributed by atoms with Gasteiger partial charge in [-0.05, 0) is 38.0 Å². The number of rotatable bonds is 3. The summed E-state index contributed by atoms with van der Waals surface area (Å²) in [5.41, 5.74) is 2.88. The van der Waals surface area contributed by atoms with Gasteiger partial charge in [-0.15, -0.1) is 0 Å². The maximum absolute atomic E-state index is 12.9. The van der Waals surface area contributed by atoms with Crippen LogP contribution >= 0.6 is 0 Å². The summed E-state index contributed by atoms with van der Waals surface area (Å²) in [6, 6.07) is 5.44. The second kappa shape index (κ2) is 7.68. The highest BCUT2D eigenvalue weighted by Gasteiger charge is 2.26. The van der Waals surface area contributed by atoms with E-state index >= 15 is 0 Å². The predicted molar refractivity (Wildman–Crippen MR) is 98.0 cm³/mol. The molecule has 26 heavy (non-hydrogen) atoms. The molecule has 3 heterocycles. The van der Waals surface area contributed by atoms with Crippen molar-refractivity contribution in [3.63, 3.8) is 0 Å². The summed E-state index contributed by atoms with van der Waals surface area (Å²) in [5.74, 6) is -0.0368. The average molecular weight is 355 g/mol.